The monoisotopic (exact) mass is 312 g/mol. The molecule has 0 aromatic heterocycles. The van der Waals surface area contributed by atoms with Crippen LogP contribution in [0.4, 0.5) is 0 Å². The molecule has 2 aromatic carbocycles. The molecule has 0 atom stereocenters. The van der Waals surface area contributed by atoms with Gasteiger partial charge in [0.25, 0.3) is 0 Å². The predicted molar refractivity (Wildman–Crippen MR) is 90.3 cm³/mol. The number of carbonyl (C=O) groups excluding carboxylic acids is 1. The Morgan fingerprint density at radius 1 is 1.04 bits per heavy atom. The van der Waals surface area contributed by atoms with E-state index >= 15 is 0 Å². The Morgan fingerprint density at radius 3 is 2.39 bits per heavy atom. The predicted octanol–water partition coefficient (Wildman–Crippen LogP) is 4.09. The maximum atomic E-state index is 12.5. The van der Waals surface area contributed by atoms with Crippen molar-refractivity contribution in [3.05, 3.63) is 59.7 Å². The standard InChI is InChI=1S/C19H20O4/c1-3-22-16-10-12-19(23-4-2)17(13-16)18(21)11-7-14-5-8-15(20)9-6-14/h5-13,20H,3-4H2,1-2H3/b11-7+. The highest BCUT2D eigenvalue weighted by Gasteiger charge is 2.11. The maximum absolute atomic E-state index is 12.5. The van der Waals surface area contributed by atoms with E-state index in [9.17, 15) is 9.90 Å². The molecule has 0 fully saturated rings. The van der Waals surface area contributed by atoms with Gasteiger partial charge >= 0.3 is 0 Å². The molecule has 0 radical (unpaired) electrons. The Kier molecular flexibility index (Phi) is 5.80. The fourth-order valence-electron chi connectivity index (χ4n) is 2.09. The summed E-state index contributed by atoms with van der Waals surface area (Å²) in [7, 11) is 0. The molecule has 0 unspecified atom stereocenters. The van der Waals surface area contributed by atoms with Crippen molar-refractivity contribution in [1.29, 1.82) is 0 Å². The highest BCUT2D eigenvalue weighted by atomic mass is 16.5. The second kappa shape index (κ2) is 8.03. The summed E-state index contributed by atoms with van der Waals surface area (Å²) in [6.45, 7) is 4.78. The van der Waals surface area contributed by atoms with Crippen molar-refractivity contribution in [3.63, 3.8) is 0 Å². The molecule has 0 amide bonds. The van der Waals surface area contributed by atoms with Gasteiger partial charge in [-0.2, -0.15) is 0 Å². The zero-order chi connectivity index (χ0) is 16.7. The summed E-state index contributed by atoms with van der Waals surface area (Å²) < 4.78 is 11.0. The van der Waals surface area contributed by atoms with Crippen LogP contribution in [0.1, 0.15) is 29.8 Å². The van der Waals surface area contributed by atoms with E-state index in [2.05, 4.69) is 0 Å². The molecule has 4 nitrogen and oxygen atoms in total. The van der Waals surface area contributed by atoms with Crippen molar-refractivity contribution in [1.82, 2.24) is 0 Å². The van der Waals surface area contributed by atoms with Gasteiger partial charge in [-0.3, -0.25) is 4.79 Å². The van der Waals surface area contributed by atoms with E-state index in [0.29, 0.717) is 30.3 Å². The van der Waals surface area contributed by atoms with Crippen LogP contribution in [0.15, 0.2) is 48.5 Å². The third-order valence-electron chi connectivity index (χ3n) is 3.15. The lowest BCUT2D eigenvalue weighted by atomic mass is 10.1. The molecule has 0 aliphatic heterocycles. The molecular formula is C19H20O4. The molecule has 4 heteroatoms. The number of ether oxygens (including phenoxy) is 2. The van der Waals surface area contributed by atoms with E-state index in [1.54, 1.807) is 48.5 Å². The molecule has 1 N–H and O–H groups in total. The molecular weight excluding hydrogens is 292 g/mol. The highest BCUT2D eigenvalue weighted by molar-refractivity contribution is 6.08. The van der Waals surface area contributed by atoms with E-state index < -0.39 is 0 Å². The van der Waals surface area contributed by atoms with E-state index in [4.69, 9.17) is 9.47 Å². The zero-order valence-corrected chi connectivity index (χ0v) is 13.3. The third-order valence-corrected chi connectivity index (χ3v) is 3.15. The summed E-state index contributed by atoms with van der Waals surface area (Å²) in [6.07, 6.45) is 3.19. The molecule has 2 aromatic rings. The first-order chi connectivity index (χ1) is 11.1. The molecule has 0 saturated carbocycles. The van der Waals surface area contributed by atoms with E-state index in [-0.39, 0.29) is 11.5 Å². The van der Waals surface area contributed by atoms with Crippen LogP contribution in [-0.4, -0.2) is 24.1 Å². The van der Waals surface area contributed by atoms with Crippen LogP contribution in [0.5, 0.6) is 17.2 Å². The van der Waals surface area contributed by atoms with E-state index in [1.165, 1.54) is 6.08 Å². The van der Waals surface area contributed by atoms with Gasteiger partial charge in [0.2, 0.25) is 0 Å². The molecule has 0 saturated heterocycles. The summed E-state index contributed by atoms with van der Waals surface area (Å²) in [4.78, 5) is 12.5. The van der Waals surface area contributed by atoms with Crippen molar-refractivity contribution in [3.8, 4) is 17.2 Å². The molecule has 120 valence electrons. The van der Waals surface area contributed by atoms with Gasteiger partial charge in [-0.05, 0) is 55.8 Å². The van der Waals surface area contributed by atoms with Crippen LogP contribution in [0, 0.1) is 0 Å². The average Bonchev–Trinajstić information content (AvgIpc) is 2.56. The number of ketones is 1. The van der Waals surface area contributed by atoms with E-state index in [0.717, 1.165) is 5.56 Å². The van der Waals surface area contributed by atoms with Crippen LogP contribution < -0.4 is 9.47 Å². The van der Waals surface area contributed by atoms with Gasteiger partial charge in [-0.15, -0.1) is 0 Å². The van der Waals surface area contributed by atoms with Gasteiger partial charge in [0.1, 0.15) is 17.2 Å². The molecule has 23 heavy (non-hydrogen) atoms. The van der Waals surface area contributed by atoms with Crippen LogP contribution >= 0.6 is 0 Å². The van der Waals surface area contributed by atoms with Gasteiger partial charge in [0.15, 0.2) is 5.78 Å². The molecule has 2 rings (SSSR count). The Hall–Kier alpha value is -2.75. The fourth-order valence-corrected chi connectivity index (χ4v) is 2.09. The van der Waals surface area contributed by atoms with Gasteiger partial charge in [0.05, 0.1) is 18.8 Å². The quantitative estimate of drug-likeness (QED) is 0.618. The average molecular weight is 312 g/mol. The number of hydrogen-bond donors (Lipinski definition) is 1. The van der Waals surface area contributed by atoms with Gasteiger partial charge in [-0.1, -0.05) is 18.2 Å². The maximum Gasteiger partial charge on any atom is 0.189 e. The first-order valence-electron chi connectivity index (χ1n) is 7.55. The lowest BCUT2D eigenvalue weighted by molar-refractivity contribution is 0.104. The second-order valence-corrected chi connectivity index (χ2v) is 4.81. The van der Waals surface area contributed by atoms with Crippen molar-refractivity contribution in [2.75, 3.05) is 13.2 Å². The number of carbonyl (C=O) groups is 1. The minimum absolute atomic E-state index is 0.164. The zero-order valence-electron chi connectivity index (χ0n) is 13.3. The number of hydrogen-bond acceptors (Lipinski definition) is 4. The molecule has 0 spiro atoms. The summed E-state index contributed by atoms with van der Waals surface area (Å²) in [5.41, 5.74) is 1.29. The van der Waals surface area contributed by atoms with Crippen LogP contribution in [0.25, 0.3) is 6.08 Å². The van der Waals surface area contributed by atoms with E-state index in [1.807, 2.05) is 13.8 Å². The molecule has 0 aliphatic carbocycles. The summed E-state index contributed by atoms with van der Waals surface area (Å²) >= 11 is 0. The molecule has 0 bridgehead atoms. The fraction of sp³-hybridized carbons (Fsp3) is 0.211. The van der Waals surface area contributed by atoms with Crippen LogP contribution in [0.2, 0.25) is 0 Å². The van der Waals surface area contributed by atoms with Crippen molar-refractivity contribution in [2.45, 2.75) is 13.8 Å². The normalized spacial score (nSPS) is 10.7. The highest BCUT2D eigenvalue weighted by Crippen LogP contribution is 2.25. The second-order valence-electron chi connectivity index (χ2n) is 4.81. The molecule has 0 heterocycles. The number of phenols is 1. The third kappa shape index (κ3) is 4.61. The lowest BCUT2D eigenvalue weighted by Crippen LogP contribution is -2.03. The van der Waals surface area contributed by atoms with Crippen molar-refractivity contribution < 1.29 is 19.4 Å². The first kappa shape index (κ1) is 16.6. The number of rotatable bonds is 7. The number of benzene rings is 2. The number of aromatic hydroxyl groups is 1. The Bertz CT molecular complexity index is 687. The lowest BCUT2D eigenvalue weighted by Gasteiger charge is -2.10. The Morgan fingerprint density at radius 2 is 1.74 bits per heavy atom. The van der Waals surface area contributed by atoms with Gasteiger partial charge in [0, 0.05) is 0 Å². The number of allylic oxidation sites excluding steroid dienone is 1. The first-order valence-corrected chi connectivity index (χ1v) is 7.55. The van der Waals surface area contributed by atoms with Crippen molar-refractivity contribution >= 4 is 11.9 Å². The van der Waals surface area contributed by atoms with Gasteiger partial charge < -0.3 is 14.6 Å². The molecule has 0 aliphatic rings. The van der Waals surface area contributed by atoms with Crippen molar-refractivity contribution in [2.24, 2.45) is 0 Å². The SMILES string of the molecule is CCOc1ccc(OCC)c(C(=O)/C=C/c2ccc(O)cc2)c1. The smallest absolute Gasteiger partial charge is 0.189 e. The summed E-state index contributed by atoms with van der Waals surface area (Å²) in [5, 5.41) is 9.27. The minimum Gasteiger partial charge on any atom is -0.508 e. The largest absolute Gasteiger partial charge is 0.508 e. The topological polar surface area (TPSA) is 55.8 Å². The van der Waals surface area contributed by atoms with Crippen LogP contribution in [-0.2, 0) is 0 Å². The Labute approximate surface area is 136 Å². The summed E-state index contributed by atoms with van der Waals surface area (Å²) in [6, 6.07) is 11.8. The minimum atomic E-state index is -0.164. The Balaban J connectivity index is 2.25. The number of phenolic OH excluding ortho intramolecular Hbond substituents is 1. The van der Waals surface area contributed by atoms with Gasteiger partial charge in [-0.25, -0.2) is 0 Å². The van der Waals surface area contributed by atoms with Crippen LogP contribution in [0.3, 0.4) is 0 Å². The summed E-state index contributed by atoms with van der Waals surface area (Å²) in [5.74, 6) is 1.20.